The minimum atomic E-state index is -0.180. The summed E-state index contributed by atoms with van der Waals surface area (Å²) in [7, 11) is 0. The summed E-state index contributed by atoms with van der Waals surface area (Å²) < 4.78 is 14.6. The van der Waals surface area contributed by atoms with Crippen molar-refractivity contribution in [2.45, 2.75) is 26.7 Å². The Bertz CT molecular complexity index is 687. The van der Waals surface area contributed by atoms with E-state index in [1.807, 2.05) is 19.2 Å². The molecule has 0 radical (unpaired) electrons. The van der Waals surface area contributed by atoms with Crippen molar-refractivity contribution >= 4 is 33.2 Å². The van der Waals surface area contributed by atoms with Gasteiger partial charge in [-0.3, -0.25) is 4.99 Å². The number of hydrogen-bond donors (Lipinski definition) is 2. The number of benzene rings is 1. The molecular weight excluding hydrogens is 391 g/mol. The van der Waals surface area contributed by atoms with Crippen LogP contribution >= 0.6 is 27.3 Å². The Morgan fingerprint density at radius 3 is 2.88 bits per heavy atom. The van der Waals surface area contributed by atoms with Crippen molar-refractivity contribution in [1.82, 2.24) is 15.6 Å². The van der Waals surface area contributed by atoms with Gasteiger partial charge in [-0.1, -0.05) is 15.9 Å². The largest absolute Gasteiger partial charge is 0.357 e. The molecule has 0 fully saturated rings. The molecule has 0 atom stereocenters. The molecule has 0 spiro atoms. The molecule has 1 aromatic heterocycles. The molecule has 0 unspecified atom stereocenters. The number of hydrogen-bond acceptors (Lipinski definition) is 3. The molecule has 7 heteroatoms. The van der Waals surface area contributed by atoms with E-state index < -0.39 is 0 Å². The number of aryl methyl sites for hydroxylation is 1. The van der Waals surface area contributed by atoms with Gasteiger partial charge in [-0.25, -0.2) is 9.37 Å². The molecular formula is C17H22BrFN4S. The number of nitrogens with zero attached hydrogens (tertiary/aromatic N) is 2. The number of rotatable bonds is 7. The predicted octanol–water partition coefficient (Wildman–Crippen LogP) is 3.69. The smallest absolute Gasteiger partial charge is 0.191 e. The van der Waals surface area contributed by atoms with Crippen LogP contribution in [0.5, 0.6) is 0 Å². The number of guanidine groups is 1. The summed E-state index contributed by atoms with van der Waals surface area (Å²) in [5, 5.41) is 7.55. The summed E-state index contributed by atoms with van der Waals surface area (Å²) in [5.41, 5.74) is 0.686. The van der Waals surface area contributed by atoms with E-state index in [4.69, 9.17) is 0 Å². The Morgan fingerprint density at radius 2 is 2.17 bits per heavy atom. The molecule has 4 nitrogen and oxygen atoms in total. The van der Waals surface area contributed by atoms with Gasteiger partial charge in [-0.15, -0.1) is 11.3 Å². The minimum Gasteiger partial charge on any atom is -0.357 e. The summed E-state index contributed by atoms with van der Waals surface area (Å²) >= 11 is 5.08. The van der Waals surface area contributed by atoms with Crippen LogP contribution in [-0.2, 0) is 12.8 Å². The van der Waals surface area contributed by atoms with Gasteiger partial charge in [0.05, 0.1) is 5.01 Å². The Balaban J connectivity index is 1.83. The number of aliphatic imine (C=N–C) groups is 1. The third-order valence-electron chi connectivity index (χ3n) is 3.30. The van der Waals surface area contributed by atoms with Crippen LogP contribution in [-0.4, -0.2) is 30.6 Å². The number of halogens is 2. The Labute approximate surface area is 154 Å². The fraction of sp³-hybridized carbons (Fsp3) is 0.412. The Morgan fingerprint density at radius 1 is 1.33 bits per heavy atom. The van der Waals surface area contributed by atoms with Crippen molar-refractivity contribution in [1.29, 1.82) is 0 Å². The van der Waals surface area contributed by atoms with Crippen LogP contribution < -0.4 is 10.6 Å². The van der Waals surface area contributed by atoms with Gasteiger partial charge in [-0.2, -0.15) is 0 Å². The van der Waals surface area contributed by atoms with Gasteiger partial charge in [0.2, 0.25) is 0 Å². The quantitative estimate of drug-likeness (QED) is 0.538. The molecule has 0 saturated heterocycles. The minimum absolute atomic E-state index is 0.180. The highest BCUT2D eigenvalue weighted by Crippen LogP contribution is 2.15. The van der Waals surface area contributed by atoms with Crippen LogP contribution in [0.1, 0.15) is 22.4 Å². The molecule has 24 heavy (non-hydrogen) atoms. The van der Waals surface area contributed by atoms with Crippen molar-refractivity contribution in [2.75, 3.05) is 19.6 Å². The summed E-state index contributed by atoms with van der Waals surface area (Å²) in [6, 6.07) is 5.00. The zero-order chi connectivity index (χ0) is 17.4. The normalized spacial score (nSPS) is 11.6. The van der Waals surface area contributed by atoms with Crippen LogP contribution in [0.15, 0.2) is 33.9 Å². The van der Waals surface area contributed by atoms with Gasteiger partial charge < -0.3 is 10.6 Å². The summed E-state index contributed by atoms with van der Waals surface area (Å²) in [6.45, 7) is 6.16. The Hall–Kier alpha value is -1.47. The maximum atomic E-state index is 13.7. The maximum Gasteiger partial charge on any atom is 0.191 e. The molecule has 0 bridgehead atoms. The predicted molar refractivity (Wildman–Crippen MR) is 102 cm³/mol. The second kappa shape index (κ2) is 9.74. The molecule has 1 heterocycles. The van der Waals surface area contributed by atoms with Crippen molar-refractivity contribution < 1.29 is 4.39 Å². The van der Waals surface area contributed by atoms with Gasteiger partial charge >= 0.3 is 0 Å². The first-order valence-corrected chi connectivity index (χ1v) is 9.57. The lowest BCUT2D eigenvalue weighted by Crippen LogP contribution is -2.38. The molecule has 0 aliphatic carbocycles. The van der Waals surface area contributed by atoms with Crippen molar-refractivity contribution in [3.8, 4) is 0 Å². The highest BCUT2D eigenvalue weighted by Gasteiger charge is 2.04. The van der Waals surface area contributed by atoms with E-state index in [1.54, 1.807) is 17.4 Å². The first-order chi connectivity index (χ1) is 11.6. The van der Waals surface area contributed by atoms with Crippen LogP contribution in [0.3, 0.4) is 0 Å². The van der Waals surface area contributed by atoms with E-state index in [2.05, 4.69) is 43.5 Å². The average Bonchev–Trinajstić information content (AvgIpc) is 2.96. The fourth-order valence-electron chi connectivity index (χ4n) is 2.17. The second-order valence-electron chi connectivity index (χ2n) is 5.29. The molecule has 0 amide bonds. The maximum absolute atomic E-state index is 13.7. The van der Waals surface area contributed by atoms with E-state index >= 15 is 0 Å². The highest BCUT2D eigenvalue weighted by molar-refractivity contribution is 9.10. The van der Waals surface area contributed by atoms with Crippen LogP contribution in [0, 0.1) is 12.7 Å². The van der Waals surface area contributed by atoms with E-state index in [1.165, 1.54) is 10.9 Å². The summed E-state index contributed by atoms with van der Waals surface area (Å²) in [4.78, 5) is 10.1. The van der Waals surface area contributed by atoms with E-state index in [0.717, 1.165) is 28.4 Å². The monoisotopic (exact) mass is 412 g/mol. The topological polar surface area (TPSA) is 49.3 Å². The molecule has 2 aromatic rings. The zero-order valence-electron chi connectivity index (χ0n) is 13.9. The number of nitrogens with one attached hydrogen (secondary N) is 2. The van der Waals surface area contributed by atoms with Crippen LogP contribution in [0.2, 0.25) is 0 Å². The number of thiazole rings is 1. The molecule has 0 aliphatic rings. The highest BCUT2D eigenvalue weighted by atomic mass is 79.9. The Kier molecular flexibility index (Phi) is 7.65. The molecule has 2 N–H and O–H groups in total. The van der Waals surface area contributed by atoms with Gasteiger partial charge in [-0.05, 0) is 44.0 Å². The summed E-state index contributed by atoms with van der Waals surface area (Å²) in [6.07, 6.45) is 3.32. The molecule has 1 aromatic carbocycles. The third-order valence-corrected chi connectivity index (χ3v) is 4.77. The van der Waals surface area contributed by atoms with Crippen molar-refractivity contribution in [2.24, 2.45) is 4.99 Å². The number of aromatic nitrogens is 1. The van der Waals surface area contributed by atoms with Crippen LogP contribution in [0.4, 0.5) is 4.39 Å². The van der Waals surface area contributed by atoms with E-state index in [0.29, 0.717) is 25.1 Å². The summed E-state index contributed by atoms with van der Waals surface area (Å²) in [5.74, 6) is 0.572. The van der Waals surface area contributed by atoms with Crippen molar-refractivity contribution in [3.63, 3.8) is 0 Å². The fourth-order valence-corrected chi connectivity index (χ4v) is 3.36. The lowest BCUT2D eigenvalue weighted by Gasteiger charge is -2.11. The lowest BCUT2D eigenvalue weighted by atomic mass is 10.1. The average molecular weight is 413 g/mol. The van der Waals surface area contributed by atoms with Gasteiger partial charge in [0.15, 0.2) is 5.96 Å². The second-order valence-corrected chi connectivity index (χ2v) is 7.52. The zero-order valence-corrected chi connectivity index (χ0v) is 16.3. The molecule has 0 saturated carbocycles. The standard InChI is InChI=1S/C17H22BrFN4S/c1-3-20-17(22-9-7-16-23-11-12(2)24-16)21-8-6-13-10-14(18)4-5-15(13)19/h4-5,10-11H,3,6-9H2,1-2H3,(H2,20,21,22). The third kappa shape index (κ3) is 6.20. The van der Waals surface area contributed by atoms with Gasteiger partial charge in [0, 0.05) is 41.6 Å². The SMILES string of the molecule is CCNC(=NCCc1ncc(C)s1)NCCc1cc(Br)ccc1F. The first kappa shape index (κ1) is 18.9. The van der Waals surface area contributed by atoms with Gasteiger partial charge in [0.1, 0.15) is 5.82 Å². The molecule has 2 rings (SSSR count). The molecule has 0 aliphatic heterocycles. The van der Waals surface area contributed by atoms with Crippen molar-refractivity contribution in [3.05, 3.63) is 50.1 Å². The molecule has 130 valence electrons. The van der Waals surface area contributed by atoms with Gasteiger partial charge in [0.25, 0.3) is 0 Å². The van der Waals surface area contributed by atoms with E-state index in [-0.39, 0.29) is 5.82 Å². The first-order valence-electron chi connectivity index (χ1n) is 7.96. The lowest BCUT2D eigenvalue weighted by molar-refractivity contribution is 0.606. The van der Waals surface area contributed by atoms with Crippen LogP contribution in [0.25, 0.3) is 0 Å². The van der Waals surface area contributed by atoms with E-state index in [9.17, 15) is 4.39 Å².